The highest BCUT2D eigenvalue weighted by Gasteiger charge is 2.31. The number of aromatic nitrogens is 1. The quantitative estimate of drug-likeness (QED) is 0.550. The third kappa shape index (κ3) is 3.74. The average molecular weight is 399 g/mol. The van der Waals surface area contributed by atoms with E-state index in [-0.39, 0.29) is 13.2 Å². The zero-order valence-corrected chi connectivity index (χ0v) is 15.8. The van der Waals surface area contributed by atoms with Crippen LogP contribution in [0.15, 0.2) is 17.1 Å². The highest BCUT2D eigenvalue weighted by Crippen LogP contribution is 2.28. The summed E-state index contributed by atoms with van der Waals surface area (Å²) in [6.07, 6.45) is 0.921. The zero-order valence-electron chi connectivity index (χ0n) is 15.8. The Morgan fingerprint density at radius 1 is 1.07 bits per heavy atom. The van der Waals surface area contributed by atoms with E-state index in [2.05, 4.69) is 0 Å². The molecule has 1 heterocycles. The summed E-state index contributed by atoms with van der Waals surface area (Å²) in [5.74, 6) is -7.33. The van der Waals surface area contributed by atoms with Crippen molar-refractivity contribution in [2.45, 2.75) is 33.7 Å². The van der Waals surface area contributed by atoms with Crippen molar-refractivity contribution >= 4 is 22.8 Å². The maximum absolute atomic E-state index is 14.6. The minimum atomic E-state index is -1.80. The van der Waals surface area contributed by atoms with E-state index in [4.69, 9.17) is 9.47 Å². The number of carbonyl (C=O) groups excluding carboxylic acids is 2. The molecule has 9 heteroatoms. The van der Waals surface area contributed by atoms with Crippen LogP contribution in [-0.2, 0) is 14.3 Å². The Morgan fingerprint density at radius 2 is 1.68 bits per heavy atom. The van der Waals surface area contributed by atoms with Crippen LogP contribution in [0.1, 0.15) is 44.1 Å². The molecule has 2 rings (SSSR count). The highest BCUT2D eigenvalue weighted by atomic mass is 19.2. The fraction of sp³-hybridized carbons (Fsp3) is 0.421. The molecule has 2 aromatic rings. The van der Waals surface area contributed by atoms with Gasteiger partial charge in [0.15, 0.2) is 17.5 Å². The summed E-state index contributed by atoms with van der Waals surface area (Å²) in [7, 11) is 0. The van der Waals surface area contributed by atoms with Crippen molar-refractivity contribution in [1.29, 1.82) is 0 Å². The second-order valence-corrected chi connectivity index (χ2v) is 6.32. The topological polar surface area (TPSA) is 74.6 Å². The van der Waals surface area contributed by atoms with Crippen LogP contribution >= 0.6 is 0 Å². The molecule has 0 spiro atoms. The SMILES string of the molecule is CCOC(=O)c1cn(C(C(=O)OCC)C(C)C)c2c(F)c(F)c(F)cc2c1=O. The van der Waals surface area contributed by atoms with Crippen molar-refractivity contribution in [3.05, 3.63) is 45.5 Å². The minimum absolute atomic E-state index is 0.0242. The smallest absolute Gasteiger partial charge is 0.343 e. The molecule has 6 nitrogen and oxygen atoms in total. The first-order valence-corrected chi connectivity index (χ1v) is 8.71. The Labute approximate surface area is 158 Å². The van der Waals surface area contributed by atoms with Crippen molar-refractivity contribution in [2.24, 2.45) is 5.92 Å². The van der Waals surface area contributed by atoms with Gasteiger partial charge in [-0.3, -0.25) is 4.79 Å². The monoisotopic (exact) mass is 399 g/mol. The van der Waals surface area contributed by atoms with Gasteiger partial charge in [0.1, 0.15) is 11.6 Å². The molecule has 1 unspecified atom stereocenters. The lowest BCUT2D eigenvalue weighted by Crippen LogP contribution is -2.31. The van der Waals surface area contributed by atoms with E-state index in [0.717, 1.165) is 10.8 Å². The number of pyridine rings is 1. The molecule has 28 heavy (non-hydrogen) atoms. The van der Waals surface area contributed by atoms with Crippen LogP contribution in [0.4, 0.5) is 13.2 Å². The average Bonchev–Trinajstić information content (AvgIpc) is 2.62. The highest BCUT2D eigenvalue weighted by molar-refractivity contribution is 5.94. The fourth-order valence-electron chi connectivity index (χ4n) is 2.93. The first kappa shape index (κ1) is 21.5. The van der Waals surface area contributed by atoms with Gasteiger partial charge in [0, 0.05) is 6.20 Å². The standard InChI is InChI=1S/C19H20F3NO5/c1-5-27-18(25)11-8-23(15(9(3)4)19(26)28-6-2)16-10(17(11)24)7-12(20)13(21)14(16)22/h7-9,15H,5-6H2,1-4H3. The number of ether oxygens (including phenoxy) is 2. The van der Waals surface area contributed by atoms with Crippen LogP contribution in [0, 0.1) is 23.4 Å². The van der Waals surface area contributed by atoms with E-state index in [1.165, 1.54) is 6.92 Å². The maximum Gasteiger partial charge on any atom is 0.343 e. The first-order chi connectivity index (χ1) is 13.1. The first-order valence-electron chi connectivity index (χ1n) is 8.71. The summed E-state index contributed by atoms with van der Waals surface area (Å²) in [6, 6.07) is -0.701. The van der Waals surface area contributed by atoms with Gasteiger partial charge in [0.25, 0.3) is 0 Å². The molecule has 0 aliphatic heterocycles. The lowest BCUT2D eigenvalue weighted by atomic mass is 10.0. The molecule has 0 bridgehead atoms. The van der Waals surface area contributed by atoms with Gasteiger partial charge in [0.05, 0.1) is 24.1 Å². The maximum atomic E-state index is 14.6. The van der Waals surface area contributed by atoms with Crippen molar-refractivity contribution in [3.8, 4) is 0 Å². The number of carbonyl (C=O) groups is 2. The number of rotatable bonds is 6. The normalized spacial score (nSPS) is 12.3. The summed E-state index contributed by atoms with van der Waals surface area (Å²) in [6.45, 7) is 6.30. The van der Waals surface area contributed by atoms with Gasteiger partial charge in [-0.2, -0.15) is 0 Å². The van der Waals surface area contributed by atoms with Crippen LogP contribution < -0.4 is 5.43 Å². The second-order valence-electron chi connectivity index (χ2n) is 6.32. The molecule has 0 N–H and O–H groups in total. The van der Waals surface area contributed by atoms with Crippen molar-refractivity contribution < 1.29 is 32.2 Å². The minimum Gasteiger partial charge on any atom is -0.464 e. The Bertz CT molecular complexity index is 984. The van der Waals surface area contributed by atoms with Crippen LogP contribution in [-0.4, -0.2) is 29.7 Å². The van der Waals surface area contributed by atoms with Gasteiger partial charge < -0.3 is 14.0 Å². The molecule has 0 aliphatic carbocycles. The summed E-state index contributed by atoms with van der Waals surface area (Å²) in [5.41, 5.74) is -2.20. The predicted octanol–water partition coefficient (Wildman–Crippen LogP) is 3.36. The molecule has 0 saturated carbocycles. The van der Waals surface area contributed by atoms with Gasteiger partial charge in [-0.15, -0.1) is 0 Å². The Kier molecular flexibility index (Phi) is 6.48. The third-order valence-electron chi connectivity index (χ3n) is 4.11. The summed E-state index contributed by atoms with van der Waals surface area (Å²) in [4.78, 5) is 37.2. The number of hydrogen-bond acceptors (Lipinski definition) is 5. The lowest BCUT2D eigenvalue weighted by Gasteiger charge is -2.25. The number of esters is 2. The molecule has 0 amide bonds. The molecule has 1 aromatic heterocycles. The summed E-state index contributed by atoms with van der Waals surface area (Å²) >= 11 is 0. The number of hydrogen-bond donors (Lipinski definition) is 0. The van der Waals surface area contributed by atoms with E-state index in [1.54, 1.807) is 20.8 Å². The Hall–Kier alpha value is -2.84. The number of fused-ring (bicyclic) bond motifs is 1. The number of benzene rings is 1. The summed E-state index contributed by atoms with van der Waals surface area (Å²) in [5, 5.41) is -0.586. The van der Waals surface area contributed by atoms with Gasteiger partial charge in [-0.05, 0) is 25.8 Å². The zero-order chi connectivity index (χ0) is 21.2. The van der Waals surface area contributed by atoms with Gasteiger partial charge >= 0.3 is 11.9 Å². The van der Waals surface area contributed by atoms with E-state index < -0.39 is 63.2 Å². The largest absolute Gasteiger partial charge is 0.464 e. The van der Waals surface area contributed by atoms with Crippen molar-refractivity contribution in [3.63, 3.8) is 0 Å². The molecule has 1 atom stereocenters. The molecule has 0 radical (unpaired) electrons. The molecule has 152 valence electrons. The Balaban J connectivity index is 2.98. The van der Waals surface area contributed by atoms with Gasteiger partial charge in [0.2, 0.25) is 5.43 Å². The fourth-order valence-corrected chi connectivity index (χ4v) is 2.93. The second kappa shape index (κ2) is 8.45. The van der Waals surface area contributed by atoms with Crippen LogP contribution in [0.25, 0.3) is 10.9 Å². The summed E-state index contributed by atoms with van der Waals surface area (Å²) < 4.78 is 53.0. The van der Waals surface area contributed by atoms with Crippen LogP contribution in [0.2, 0.25) is 0 Å². The number of halogens is 3. The molecule has 0 fully saturated rings. The molecule has 0 saturated heterocycles. The van der Waals surface area contributed by atoms with Crippen LogP contribution in [0.5, 0.6) is 0 Å². The number of nitrogens with zero attached hydrogens (tertiary/aromatic N) is 1. The third-order valence-corrected chi connectivity index (χ3v) is 4.11. The van der Waals surface area contributed by atoms with E-state index in [0.29, 0.717) is 6.07 Å². The van der Waals surface area contributed by atoms with E-state index in [9.17, 15) is 27.6 Å². The van der Waals surface area contributed by atoms with E-state index >= 15 is 0 Å². The van der Waals surface area contributed by atoms with Crippen LogP contribution in [0.3, 0.4) is 0 Å². The lowest BCUT2D eigenvalue weighted by molar-refractivity contribution is -0.148. The predicted molar refractivity (Wildman–Crippen MR) is 94.5 cm³/mol. The molecule has 1 aromatic carbocycles. The van der Waals surface area contributed by atoms with Gasteiger partial charge in [-0.25, -0.2) is 22.8 Å². The van der Waals surface area contributed by atoms with Crippen molar-refractivity contribution in [2.75, 3.05) is 13.2 Å². The van der Waals surface area contributed by atoms with E-state index in [1.807, 2.05) is 0 Å². The van der Waals surface area contributed by atoms with Gasteiger partial charge in [-0.1, -0.05) is 13.8 Å². The molecular weight excluding hydrogens is 379 g/mol. The molecule has 0 aliphatic rings. The molecular formula is C19H20F3NO5. The van der Waals surface area contributed by atoms with Crippen molar-refractivity contribution in [1.82, 2.24) is 4.57 Å². The Morgan fingerprint density at radius 3 is 2.21 bits per heavy atom.